The molecule has 2 nitrogen and oxygen atoms in total. The maximum Gasteiger partial charge on any atom is 0.212 e. The number of carbonyl (C=O) groups excluding carboxylic acids is 2. The third-order valence-corrected chi connectivity index (χ3v) is 0.510. The van der Waals surface area contributed by atoms with Crippen molar-refractivity contribution in [2.45, 2.75) is 13.8 Å². The van der Waals surface area contributed by atoms with E-state index in [1.165, 1.54) is 26.4 Å². The smallest absolute Gasteiger partial charge is 0.212 e. The highest BCUT2D eigenvalue weighted by Gasteiger charge is 2.16. The van der Waals surface area contributed by atoms with E-state index in [-0.39, 0.29) is 0 Å². The Labute approximate surface area is 42.5 Å². The van der Waals surface area contributed by atoms with Crippen LogP contribution in [-0.4, -0.2) is 12.6 Å². The first-order chi connectivity index (χ1) is 3.12. The van der Waals surface area contributed by atoms with Gasteiger partial charge in [-0.15, -0.1) is 0 Å². The molecule has 0 saturated heterocycles. The molecule has 0 N–H and O–H groups in total. The quantitative estimate of drug-likeness (QED) is 0.463. The normalized spacial score (nSPS) is 10.6. The highest BCUT2D eigenvalue weighted by molar-refractivity contribution is 5.82. The van der Waals surface area contributed by atoms with Crippen LogP contribution < -0.4 is 0 Å². The van der Waals surface area contributed by atoms with Crippen molar-refractivity contribution in [3.05, 3.63) is 0 Å². The lowest BCUT2D eigenvalue weighted by Gasteiger charge is -1.98. The summed E-state index contributed by atoms with van der Waals surface area (Å²) in [7, 11) is 0. The summed E-state index contributed by atoms with van der Waals surface area (Å²) in [6, 6.07) is 0. The first-order valence-electron chi connectivity index (χ1n) is 1.91. The maximum atomic E-state index is 9.67. The van der Waals surface area contributed by atoms with Crippen molar-refractivity contribution < 1.29 is 9.59 Å². The molecule has 0 fully saturated rings. The summed E-state index contributed by atoms with van der Waals surface area (Å²) >= 11 is 0. The Bertz CT molecular complexity index is 74.1. The first kappa shape index (κ1) is 6.34. The first-order valence-corrected chi connectivity index (χ1v) is 1.91. The van der Waals surface area contributed by atoms with Crippen molar-refractivity contribution in [2.75, 3.05) is 0 Å². The highest BCUT2D eigenvalue weighted by atomic mass is 16.1. The predicted molar refractivity (Wildman–Crippen MR) is 25.2 cm³/mol. The molecule has 0 aliphatic heterocycles. The van der Waals surface area contributed by atoms with Gasteiger partial charge in [-0.05, 0) is 13.8 Å². The van der Waals surface area contributed by atoms with E-state index < -0.39 is 5.41 Å². The molecule has 0 aliphatic rings. The second-order valence-electron chi connectivity index (χ2n) is 1.83. The lowest BCUT2D eigenvalue weighted by atomic mass is 9.99. The van der Waals surface area contributed by atoms with Crippen LogP contribution in [0.15, 0.2) is 0 Å². The van der Waals surface area contributed by atoms with Gasteiger partial charge >= 0.3 is 0 Å². The van der Waals surface area contributed by atoms with E-state index in [4.69, 9.17) is 0 Å². The Hall–Kier alpha value is -0.660. The van der Waals surface area contributed by atoms with E-state index in [1.807, 2.05) is 0 Å². The van der Waals surface area contributed by atoms with Crippen molar-refractivity contribution in [2.24, 2.45) is 5.41 Å². The Kier molecular flexibility index (Phi) is 1.69. The molecule has 7 heavy (non-hydrogen) atoms. The molecule has 0 spiro atoms. The standard InChI is InChI=1S/C5H6O2/c1-5(2,3-6)4-7/h1-2H3. The van der Waals surface area contributed by atoms with Gasteiger partial charge in [0.25, 0.3) is 0 Å². The Morgan fingerprint density at radius 2 is 1.43 bits per heavy atom. The molecule has 2 radical (unpaired) electrons. The van der Waals surface area contributed by atoms with Crippen molar-refractivity contribution >= 4 is 12.6 Å². The minimum Gasteiger partial charge on any atom is -0.290 e. The van der Waals surface area contributed by atoms with Crippen LogP contribution in [0.25, 0.3) is 0 Å². The van der Waals surface area contributed by atoms with Gasteiger partial charge in [-0.1, -0.05) is 0 Å². The largest absolute Gasteiger partial charge is 0.290 e. The van der Waals surface area contributed by atoms with Gasteiger partial charge in [-0.25, -0.2) is 0 Å². The molecule has 0 atom stereocenters. The van der Waals surface area contributed by atoms with Crippen LogP contribution in [0.3, 0.4) is 0 Å². The Morgan fingerprint density at radius 3 is 1.43 bits per heavy atom. The van der Waals surface area contributed by atoms with Crippen LogP contribution in [-0.2, 0) is 9.59 Å². The minimum atomic E-state index is -1.03. The zero-order valence-corrected chi connectivity index (χ0v) is 4.32. The highest BCUT2D eigenvalue weighted by Crippen LogP contribution is 2.03. The van der Waals surface area contributed by atoms with Gasteiger partial charge in [0.15, 0.2) is 0 Å². The van der Waals surface area contributed by atoms with E-state index in [9.17, 15) is 9.59 Å². The predicted octanol–water partition coefficient (Wildman–Crippen LogP) is 0.232. The SMILES string of the molecule is CC(C)([C]=O)[C]=O. The molecule has 38 valence electrons. The molecule has 0 aliphatic carbocycles. The van der Waals surface area contributed by atoms with Crippen LogP contribution in [0.2, 0.25) is 0 Å². The van der Waals surface area contributed by atoms with Crippen LogP contribution in [0.4, 0.5) is 0 Å². The molecule has 0 unspecified atom stereocenters. The fraction of sp³-hybridized carbons (Fsp3) is 0.600. The summed E-state index contributed by atoms with van der Waals surface area (Å²) in [6.45, 7) is 2.90. The van der Waals surface area contributed by atoms with Gasteiger partial charge in [-0.2, -0.15) is 0 Å². The van der Waals surface area contributed by atoms with Gasteiger partial charge < -0.3 is 0 Å². The third kappa shape index (κ3) is 2.09. The summed E-state index contributed by atoms with van der Waals surface area (Å²) in [5, 5.41) is 0. The maximum absolute atomic E-state index is 9.67. The van der Waals surface area contributed by atoms with E-state index in [0.717, 1.165) is 0 Å². The third-order valence-electron chi connectivity index (χ3n) is 0.510. The van der Waals surface area contributed by atoms with Gasteiger partial charge in [0, 0.05) is 0 Å². The average Bonchev–Trinajstić information content (AvgIpc) is 1.68. The van der Waals surface area contributed by atoms with Crippen LogP contribution in [0.5, 0.6) is 0 Å². The van der Waals surface area contributed by atoms with Crippen LogP contribution in [0.1, 0.15) is 13.8 Å². The van der Waals surface area contributed by atoms with Gasteiger partial charge in [0.1, 0.15) is 0 Å². The summed E-state index contributed by atoms with van der Waals surface area (Å²) in [4.78, 5) is 19.3. The number of hydrogen-bond acceptors (Lipinski definition) is 2. The molecular formula is C5H6O2. The second kappa shape index (κ2) is 1.87. The average molecular weight is 98.1 g/mol. The summed E-state index contributed by atoms with van der Waals surface area (Å²) < 4.78 is 0. The van der Waals surface area contributed by atoms with Crippen molar-refractivity contribution in [1.29, 1.82) is 0 Å². The molecule has 2 heteroatoms. The summed E-state index contributed by atoms with van der Waals surface area (Å²) in [5.74, 6) is 0. The molecule has 0 heterocycles. The lowest BCUT2D eigenvalue weighted by molar-refractivity contribution is 0.483. The lowest BCUT2D eigenvalue weighted by Crippen LogP contribution is -2.13. The number of rotatable bonds is 2. The molecule has 0 amide bonds. The molecule has 0 aromatic rings. The number of hydrogen-bond donors (Lipinski definition) is 0. The minimum absolute atomic E-state index is 1.03. The Morgan fingerprint density at radius 1 is 1.14 bits per heavy atom. The van der Waals surface area contributed by atoms with Gasteiger partial charge in [-0.3, -0.25) is 9.59 Å². The zero-order chi connectivity index (χ0) is 5.91. The van der Waals surface area contributed by atoms with Crippen molar-refractivity contribution in [3.8, 4) is 0 Å². The van der Waals surface area contributed by atoms with Gasteiger partial charge in [0.05, 0.1) is 5.41 Å². The van der Waals surface area contributed by atoms with E-state index in [1.54, 1.807) is 0 Å². The Balaban J connectivity index is 3.82. The topological polar surface area (TPSA) is 34.1 Å². The fourth-order valence-electron chi connectivity index (χ4n) is 0.0208. The van der Waals surface area contributed by atoms with Crippen LogP contribution >= 0.6 is 0 Å². The van der Waals surface area contributed by atoms with E-state index in [0.29, 0.717) is 0 Å². The van der Waals surface area contributed by atoms with Crippen LogP contribution in [0, 0.1) is 5.41 Å². The zero-order valence-electron chi connectivity index (χ0n) is 4.32. The van der Waals surface area contributed by atoms with E-state index >= 15 is 0 Å². The second-order valence-corrected chi connectivity index (χ2v) is 1.83. The summed E-state index contributed by atoms with van der Waals surface area (Å²) in [5.41, 5.74) is -1.03. The van der Waals surface area contributed by atoms with E-state index in [2.05, 4.69) is 0 Å². The molecule has 0 saturated carbocycles. The molecule has 0 bridgehead atoms. The summed E-state index contributed by atoms with van der Waals surface area (Å²) in [6.07, 6.45) is 3.03. The molecule has 0 aromatic heterocycles. The molecule has 0 aromatic carbocycles. The molecular weight excluding hydrogens is 92.1 g/mol. The monoisotopic (exact) mass is 98.0 g/mol. The fourth-order valence-corrected chi connectivity index (χ4v) is 0.0208. The van der Waals surface area contributed by atoms with Crippen molar-refractivity contribution in [3.63, 3.8) is 0 Å². The van der Waals surface area contributed by atoms with Gasteiger partial charge in [0.2, 0.25) is 12.6 Å². The molecule has 0 rings (SSSR count). The van der Waals surface area contributed by atoms with Crippen molar-refractivity contribution in [1.82, 2.24) is 0 Å².